The van der Waals surface area contributed by atoms with Crippen LogP contribution < -0.4 is 4.74 Å². The van der Waals surface area contributed by atoms with E-state index in [1.165, 1.54) is 55.6 Å². The molecule has 10 rings (SSSR count). The molecule has 5 nitrogen and oxygen atoms in total. The van der Waals surface area contributed by atoms with Gasteiger partial charge in [0.1, 0.15) is 11.3 Å². The lowest BCUT2D eigenvalue weighted by Gasteiger charge is -2.31. The fraction of sp³-hybridized carbons (Fsp3) is 0.216. The maximum Gasteiger partial charge on any atom is 0.164 e. The summed E-state index contributed by atoms with van der Waals surface area (Å²) in [6.45, 7) is 12.4. The second-order valence-electron chi connectivity index (χ2n) is 16.4. The third-order valence-corrected chi connectivity index (χ3v) is 12.2. The van der Waals surface area contributed by atoms with Crippen LogP contribution in [-0.2, 0) is 10.8 Å². The first-order valence-corrected chi connectivity index (χ1v) is 19.9. The van der Waals surface area contributed by atoms with Crippen molar-refractivity contribution in [2.45, 2.75) is 64.7 Å². The predicted octanol–water partition coefficient (Wildman–Crippen LogP) is 12.6. The molecule has 0 aliphatic heterocycles. The fourth-order valence-corrected chi connectivity index (χ4v) is 9.40. The van der Waals surface area contributed by atoms with Gasteiger partial charge in [-0.05, 0) is 111 Å². The zero-order chi connectivity index (χ0) is 38.2. The Balaban J connectivity index is 1.06. The van der Waals surface area contributed by atoms with E-state index in [1.807, 2.05) is 30.5 Å². The van der Waals surface area contributed by atoms with Gasteiger partial charge in [0, 0.05) is 33.5 Å². The van der Waals surface area contributed by atoms with Gasteiger partial charge < -0.3 is 4.74 Å². The molecule has 0 bridgehead atoms. The van der Waals surface area contributed by atoms with E-state index in [-0.39, 0.29) is 10.8 Å². The average molecular weight is 729 g/mol. The Bertz CT molecular complexity index is 2790. The summed E-state index contributed by atoms with van der Waals surface area (Å²) in [6, 6.07) is 37.3. The summed E-state index contributed by atoms with van der Waals surface area (Å²) in [5, 5.41) is 1.11. The lowest BCUT2D eigenvalue weighted by atomic mass is 9.72. The molecule has 0 saturated carbocycles. The minimum absolute atomic E-state index is 0.220. The second-order valence-corrected chi connectivity index (χ2v) is 16.4. The van der Waals surface area contributed by atoms with Gasteiger partial charge in [0.05, 0.1) is 6.61 Å². The van der Waals surface area contributed by atoms with Crippen LogP contribution in [0.4, 0.5) is 0 Å². The highest BCUT2D eigenvalue weighted by molar-refractivity contribution is 5.99. The number of pyridine rings is 1. The van der Waals surface area contributed by atoms with Crippen LogP contribution in [0.15, 0.2) is 128 Å². The summed E-state index contributed by atoms with van der Waals surface area (Å²) < 4.78 is 6.11. The van der Waals surface area contributed by atoms with Gasteiger partial charge in [0.2, 0.25) is 0 Å². The van der Waals surface area contributed by atoms with Crippen molar-refractivity contribution < 1.29 is 4.74 Å². The first-order chi connectivity index (χ1) is 27.2. The number of allylic oxidation sites excluding steroid dienone is 4. The molecule has 5 heteroatoms. The van der Waals surface area contributed by atoms with Gasteiger partial charge in [-0.25, -0.2) is 15.0 Å². The number of nitrogens with zero attached hydrogens (tertiary/aromatic N) is 4. The molecule has 56 heavy (non-hydrogen) atoms. The SMILES string of the molecule is CCCOc1ccc(-c2ccc3c(c2)C(C)(C)c2c-3ccc3c2C(C)(C)c2cc(-c4nc(C5=CC=CCC5)nc(-c5ccccc5)n4)ccc2-3)c2cccnc12. The van der Waals surface area contributed by atoms with Gasteiger partial charge >= 0.3 is 0 Å². The van der Waals surface area contributed by atoms with Crippen LogP contribution in [-0.4, -0.2) is 26.5 Å². The highest BCUT2D eigenvalue weighted by Gasteiger charge is 2.46. The van der Waals surface area contributed by atoms with Crippen molar-refractivity contribution in [3.63, 3.8) is 0 Å². The van der Waals surface area contributed by atoms with E-state index >= 15 is 0 Å². The van der Waals surface area contributed by atoms with E-state index in [2.05, 4.69) is 132 Å². The number of ether oxygens (including phenoxy) is 1. The van der Waals surface area contributed by atoms with E-state index in [0.29, 0.717) is 18.3 Å². The average Bonchev–Trinajstić information content (AvgIpc) is 3.61. The molecule has 0 amide bonds. The quantitative estimate of drug-likeness (QED) is 0.164. The van der Waals surface area contributed by atoms with Gasteiger partial charge in [-0.1, -0.05) is 126 Å². The van der Waals surface area contributed by atoms with Crippen molar-refractivity contribution in [2.75, 3.05) is 6.61 Å². The predicted molar refractivity (Wildman–Crippen MR) is 229 cm³/mol. The molecule has 0 atom stereocenters. The van der Waals surface area contributed by atoms with E-state index in [0.717, 1.165) is 58.4 Å². The molecule has 2 aromatic heterocycles. The first kappa shape index (κ1) is 34.3. The normalized spacial score (nSPS) is 15.6. The summed E-state index contributed by atoms with van der Waals surface area (Å²) >= 11 is 0. The summed E-state index contributed by atoms with van der Waals surface area (Å²) in [6.07, 6.45) is 11.2. The number of aromatic nitrogens is 4. The molecular weight excluding hydrogens is 685 g/mol. The Hall–Kier alpha value is -6.20. The molecule has 3 aliphatic carbocycles. The summed E-state index contributed by atoms with van der Waals surface area (Å²) in [7, 11) is 0. The zero-order valence-corrected chi connectivity index (χ0v) is 32.6. The maximum absolute atomic E-state index is 6.11. The summed E-state index contributed by atoms with van der Waals surface area (Å²) in [5.41, 5.74) is 16.7. The van der Waals surface area contributed by atoms with Crippen LogP contribution in [0.2, 0.25) is 0 Å². The van der Waals surface area contributed by atoms with E-state index in [9.17, 15) is 0 Å². The van der Waals surface area contributed by atoms with Crippen molar-refractivity contribution in [2.24, 2.45) is 0 Å². The third-order valence-electron chi connectivity index (χ3n) is 12.2. The van der Waals surface area contributed by atoms with Gasteiger partial charge in [0.25, 0.3) is 0 Å². The topological polar surface area (TPSA) is 60.8 Å². The summed E-state index contributed by atoms with van der Waals surface area (Å²) in [5.74, 6) is 3.00. The lowest BCUT2D eigenvalue weighted by Crippen LogP contribution is -2.24. The number of fused-ring (bicyclic) bond motifs is 8. The van der Waals surface area contributed by atoms with Crippen molar-refractivity contribution in [3.05, 3.63) is 156 Å². The van der Waals surface area contributed by atoms with Crippen LogP contribution in [0.25, 0.3) is 72.6 Å². The van der Waals surface area contributed by atoms with Crippen LogP contribution in [0.3, 0.4) is 0 Å². The smallest absolute Gasteiger partial charge is 0.164 e. The molecule has 274 valence electrons. The molecule has 3 aliphatic rings. The Labute approximate surface area is 328 Å². The molecule has 7 aromatic rings. The van der Waals surface area contributed by atoms with Gasteiger partial charge in [-0.3, -0.25) is 4.98 Å². The number of rotatable bonds is 7. The fourth-order valence-electron chi connectivity index (χ4n) is 9.40. The van der Waals surface area contributed by atoms with Crippen molar-refractivity contribution in [3.8, 4) is 61.9 Å². The van der Waals surface area contributed by atoms with Crippen molar-refractivity contribution in [1.82, 2.24) is 19.9 Å². The number of hydrogen-bond donors (Lipinski definition) is 0. The highest BCUT2D eigenvalue weighted by atomic mass is 16.5. The van der Waals surface area contributed by atoms with Crippen LogP contribution in [0, 0.1) is 0 Å². The molecule has 0 N–H and O–H groups in total. The third kappa shape index (κ3) is 5.28. The molecule has 0 spiro atoms. The number of hydrogen-bond acceptors (Lipinski definition) is 5. The molecule has 0 fully saturated rings. The Morgan fingerprint density at radius 2 is 1.23 bits per heavy atom. The molecule has 2 heterocycles. The minimum atomic E-state index is -0.251. The lowest BCUT2D eigenvalue weighted by molar-refractivity contribution is 0.320. The Morgan fingerprint density at radius 1 is 0.607 bits per heavy atom. The van der Waals surface area contributed by atoms with Crippen LogP contribution in [0.1, 0.15) is 82.0 Å². The van der Waals surface area contributed by atoms with Gasteiger partial charge in [-0.2, -0.15) is 0 Å². The zero-order valence-electron chi connectivity index (χ0n) is 32.6. The molecule has 0 radical (unpaired) electrons. The van der Waals surface area contributed by atoms with E-state index in [4.69, 9.17) is 24.7 Å². The standard InChI is InChI=1S/C51H44N4O/c1-6-28-56-43-26-25-35(40-18-13-27-52-46(40)43)33-19-21-36-38-23-24-39-37-22-20-34(30-42(37)51(4,5)45(39)44(38)50(2,3)41(36)29-33)49-54-47(31-14-9-7-10-15-31)53-48(55-49)32-16-11-8-12-17-32/h7-11,13-16,18-27,29-30H,6,12,17,28H2,1-5H3. The molecule has 5 aromatic carbocycles. The number of benzene rings is 5. The largest absolute Gasteiger partial charge is 0.491 e. The van der Waals surface area contributed by atoms with Crippen molar-refractivity contribution in [1.29, 1.82) is 0 Å². The van der Waals surface area contributed by atoms with E-state index in [1.54, 1.807) is 0 Å². The molecule has 0 saturated heterocycles. The van der Waals surface area contributed by atoms with Crippen LogP contribution in [0.5, 0.6) is 5.75 Å². The van der Waals surface area contributed by atoms with Gasteiger partial charge in [0.15, 0.2) is 17.5 Å². The monoisotopic (exact) mass is 728 g/mol. The Kier molecular flexibility index (Phi) is 7.93. The van der Waals surface area contributed by atoms with Gasteiger partial charge in [-0.15, -0.1) is 0 Å². The maximum atomic E-state index is 6.11. The first-order valence-electron chi connectivity index (χ1n) is 19.9. The Morgan fingerprint density at radius 3 is 1.91 bits per heavy atom. The highest BCUT2D eigenvalue weighted by Crippen LogP contribution is 2.59. The van der Waals surface area contributed by atoms with Crippen molar-refractivity contribution >= 4 is 16.5 Å². The summed E-state index contributed by atoms with van der Waals surface area (Å²) in [4.78, 5) is 19.9. The second kappa shape index (κ2) is 12.9. The van der Waals surface area contributed by atoms with E-state index < -0.39 is 0 Å². The molecule has 0 unspecified atom stereocenters. The minimum Gasteiger partial charge on any atom is -0.491 e. The molecular formula is C51H44N4O. The van der Waals surface area contributed by atoms with Crippen LogP contribution >= 0.6 is 0 Å².